The summed E-state index contributed by atoms with van der Waals surface area (Å²) >= 11 is 0. The molecule has 0 radical (unpaired) electrons. The first-order valence-electron chi connectivity index (χ1n) is 11.6. The van der Waals surface area contributed by atoms with Crippen LogP contribution >= 0.6 is 0 Å². The molecule has 32 heavy (non-hydrogen) atoms. The molecule has 4 heteroatoms. The smallest absolute Gasteiger partial charge is 0.328 e. The fourth-order valence-electron chi connectivity index (χ4n) is 4.50. The van der Waals surface area contributed by atoms with Gasteiger partial charge in [0.15, 0.2) is 0 Å². The molecular weight excluding hydrogens is 400 g/mol. The van der Waals surface area contributed by atoms with Crippen LogP contribution in [-0.2, 0) is 15.6 Å². The molecule has 3 rings (SSSR count). The number of phenolic OH excluding ortho intramolecular Hbond substituents is 1. The van der Waals surface area contributed by atoms with E-state index >= 15 is 0 Å². The highest BCUT2D eigenvalue weighted by molar-refractivity contribution is 5.86. The van der Waals surface area contributed by atoms with Crippen LogP contribution in [-0.4, -0.2) is 22.8 Å². The van der Waals surface area contributed by atoms with E-state index in [9.17, 15) is 9.90 Å². The Balaban J connectivity index is 2.17. The number of unbranched alkanes of at least 4 members (excludes halogenated alkanes) is 2. The summed E-state index contributed by atoms with van der Waals surface area (Å²) in [5, 5.41) is 19.7. The molecule has 0 bridgehead atoms. The first kappa shape index (κ1) is 23.9. The van der Waals surface area contributed by atoms with Crippen molar-refractivity contribution in [3.8, 4) is 22.6 Å². The maximum atomic E-state index is 11.0. The third-order valence-corrected chi connectivity index (χ3v) is 6.69. The van der Waals surface area contributed by atoms with Crippen LogP contribution in [0.3, 0.4) is 0 Å². The van der Waals surface area contributed by atoms with E-state index in [4.69, 9.17) is 9.84 Å². The normalized spacial score (nSPS) is 16.7. The summed E-state index contributed by atoms with van der Waals surface area (Å²) < 4.78 is 6.29. The van der Waals surface area contributed by atoms with Crippen LogP contribution in [0, 0.1) is 0 Å². The molecule has 0 aromatic heterocycles. The summed E-state index contributed by atoms with van der Waals surface area (Å²) in [5.74, 6) is -0.0682. The molecule has 0 unspecified atom stereocenters. The van der Waals surface area contributed by atoms with Crippen molar-refractivity contribution < 1.29 is 19.7 Å². The van der Waals surface area contributed by atoms with Crippen LogP contribution in [0.25, 0.3) is 17.2 Å². The molecule has 0 heterocycles. The second-order valence-corrected chi connectivity index (χ2v) is 10.2. The average molecular weight is 437 g/mol. The van der Waals surface area contributed by atoms with Crippen molar-refractivity contribution >= 4 is 12.0 Å². The summed E-state index contributed by atoms with van der Waals surface area (Å²) in [6, 6.07) is 9.52. The quantitative estimate of drug-likeness (QED) is 0.343. The number of hydrogen-bond donors (Lipinski definition) is 2. The van der Waals surface area contributed by atoms with Gasteiger partial charge in [0.1, 0.15) is 11.5 Å². The van der Waals surface area contributed by atoms with Gasteiger partial charge in [-0.15, -0.1) is 0 Å². The molecule has 1 aliphatic carbocycles. The predicted octanol–water partition coefficient (Wildman–Crippen LogP) is 7.08. The largest absolute Gasteiger partial charge is 0.507 e. The van der Waals surface area contributed by atoms with Crippen LogP contribution in [0.4, 0.5) is 0 Å². The number of phenols is 1. The first-order chi connectivity index (χ1) is 15.0. The molecule has 0 fully saturated rings. The molecular formula is C28H36O4. The Labute approximate surface area is 191 Å². The highest BCUT2D eigenvalue weighted by Crippen LogP contribution is 2.50. The minimum Gasteiger partial charge on any atom is -0.507 e. The fraction of sp³-hybridized carbons (Fsp3) is 0.464. The minimum atomic E-state index is -1.00. The Morgan fingerprint density at radius 2 is 1.66 bits per heavy atom. The van der Waals surface area contributed by atoms with E-state index < -0.39 is 5.97 Å². The highest BCUT2D eigenvalue weighted by atomic mass is 16.5. The van der Waals surface area contributed by atoms with Gasteiger partial charge in [-0.25, -0.2) is 4.79 Å². The van der Waals surface area contributed by atoms with Crippen LogP contribution < -0.4 is 4.74 Å². The van der Waals surface area contributed by atoms with Crippen molar-refractivity contribution in [2.24, 2.45) is 0 Å². The summed E-state index contributed by atoms with van der Waals surface area (Å²) in [6.07, 6.45) is 8.07. The molecule has 1 aliphatic rings. The summed E-state index contributed by atoms with van der Waals surface area (Å²) in [5.41, 5.74) is 4.91. The number of rotatable bonds is 8. The van der Waals surface area contributed by atoms with Gasteiger partial charge in [0, 0.05) is 17.2 Å². The van der Waals surface area contributed by atoms with Crippen molar-refractivity contribution in [2.45, 2.75) is 77.6 Å². The number of carboxylic acids is 1. The molecule has 4 nitrogen and oxygen atoms in total. The Morgan fingerprint density at radius 3 is 2.28 bits per heavy atom. The number of carboxylic acid groups (broad SMARTS) is 1. The third kappa shape index (κ3) is 5.17. The number of ether oxygens (including phenoxy) is 1. The minimum absolute atomic E-state index is 0.0246. The lowest BCUT2D eigenvalue weighted by Crippen LogP contribution is -2.34. The lowest BCUT2D eigenvalue weighted by Gasteiger charge is -2.42. The zero-order valence-corrected chi connectivity index (χ0v) is 20.0. The van der Waals surface area contributed by atoms with Crippen LogP contribution in [0.2, 0.25) is 0 Å². The highest BCUT2D eigenvalue weighted by Gasteiger charge is 2.38. The van der Waals surface area contributed by atoms with Gasteiger partial charge in [-0.3, -0.25) is 0 Å². The van der Waals surface area contributed by atoms with Gasteiger partial charge < -0.3 is 14.9 Å². The van der Waals surface area contributed by atoms with Gasteiger partial charge in [0.25, 0.3) is 0 Å². The van der Waals surface area contributed by atoms with Crippen LogP contribution in [0.15, 0.2) is 36.4 Å². The van der Waals surface area contributed by atoms with E-state index in [1.54, 1.807) is 18.2 Å². The van der Waals surface area contributed by atoms with Crippen LogP contribution in [0.5, 0.6) is 11.5 Å². The van der Waals surface area contributed by atoms with Crippen molar-refractivity contribution in [3.05, 3.63) is 53.1 Å². The van der Waals surface area contributed by atoms with Gasteiger partial charge in [-0.2, -0.15) is 0 Å². The summed E-state index contributed by atoms with van der Waals surface area (Å²) in [7, 11) is 0. The molecule has 0 saturated heterocycles. The summed E-state index contributed by atoms with van der Waals surface area (Å²) in [4.78, 5) is 11.0. The van der Waals surface area contributed by atoms with E-state index in [1.807, 2.05) is 6.07 Å². The van der Waals surface area contributed by atoms with E-state index in [2.05, 4.69) is 46.8 Å². The van der Waals surface area contributed by atoms with E-state index in [1.165, 1.54) is 11.1 Å². The fourth-order valence-corrected chi connectivity index (χ4v) is 4.50. The molecule has 0 amide bonds. The van der Waals surface area contributed by atoms with E-state index in [0.717, 1.165) is 55.1 Å². The Hall–Kier alpha value is -2.75. The first-order valence-corrected chi connectivity index (χ1v) is 11.6. The number of benzene rings is 2. The molecule has 172 valence electrons. The standard InChI is InChI=1S/C28H36O4/c1-6-7-8-15-32-25-18-23-22(27(2,3)13-14-28(23,4)5)17-21(25)20-16-19(9-11-24(20)29)10-12-26(30)31/h9-12,16-18,29H,6-8,13-15H2,1-5H3,(H,30,31)/b12-10+. The zero-order valence-electron chi connectivity index (χ0n) is 20.0. The third-order valence-electron chi connectivity index (χ3n) is 6.69. The van der Waals surface area contributed by atoms with E-state index in [0.29, 0.717) is 12.2 Å². The number of hydrogen-bond acceptors (Lipinski definition) is 3. The van der Waals surface area contributed by atoms with Gasteiger partial charge in [-0.05, 0) is 77.1 Å². The van der Waals surface area contributed by atoms with Crippen molar-refractivity contribution in [1.82, 2.24) is 0 Å². The molecule has 2 N–H and O–H groups in total. The van der Waals surface area contributed by atoms with Gasteiger partial charge >= 0.3 is 5.97 Å². The van der Waals surface area contributed by atoms with Gasteiger partial charge in [-0.1, -0.05) is 53.5 Å². The van der Waals surface area contributed by atoms with Crippen molar-refractivity contribution in [3.63, 3.8) is 0 Å². The van der Waals surface area contributed by atoms with Crippen molar-refractivity contribution in [2.75, 3.05) is 6.61 Å². The van der Waals surface area contributed by atoms with Gasteiger partial charge in [0.2, 0.25) is 0 Å². The van der Waals surface area contributed by atoms with Crippen LogP contribution in [0.1, 0.15) is 83.4 Å². The number of fused-ring (bicyclic) bond motifs is 1. The maximum Gasteiger partial charge on any atom is 0.328 e. The molecule has 0 saturated carbocycles. The van der Waals surface area contributed by atoms with Crippen molar-refractivity contribution in [1.29, 1.82) is 0 Å². The summed E-state index contributed by atoms with van der Waals surface area (Å²) in [6.45, 7) is 11.9. The number of aliphatic carboxylic acids is 1. The Morgan fingerprint density at radius 1 is 1.00 bits per heavy atom. The monoisotopic (exact) mass is 436 g/mol. The molecule has 0 aliphatic heterocycles. The molecule has 2 aromatic rings. The Kier molecular flexibility index (Phi) is 7.02. The Bertz CT molecular complexity index is 1010. The predicted molar refractivity (Wildman–Crippen MR) is 131 cm³/mol. The molecule has 0 spiro atoms. The van der Waals surface area contributed by atoms with Gasteiger partial charge in [0.05, 0.1) is 6.61 Å². The molecule has 0 atom stereocenters. The van der Waals surface area contributed by atoms with E-state index in [-0.39, 0.29) is 16.6 Å². The molecule has 2 aromatic carbocycles. The topological polar surface area (TPSA) is 66.8 Å². The number of aromatic hydroxyl groups is 1. The average Bonchev–Trinajstić information content (AvgIpc) is 2.73. The second-order valence-electron chi connectivity index (χ2n) is 10.2. The lowest BCUT2D eigenvalue weighted by atomic mass is 9.62. The number of carbonyl (C=O) groups is 1. The second kappa shape index (κ2) is 9.40. The SMILES string of the molecule is CCCCCOc1cc2c(cc1-c1cc(/C=C/C(=O)O)ccc1O)C(C)(C)CCC2(C)C. The lowest BCUT2D eigenvalue weighted by molar-refractivity contribution is -0.131. The maximum absolute atomic E-state index is 11.0. The zero-order chi connectivity index (χ0) is 23.5.